The van der Waals surface area contributed by atoms with Crippen LogP contribution in [0.3, 0.4) is 0 Å². The van der Waals surface area contributed by atoms with Crippen molar-refractivity contribution in [3.63, 3.8) is 0 Å². The Morgan fingerprint density at radius 3 is 2.67 bits per heavy atom. The first-order valence-electron chi connectivity index (χ1n) is 6.99. The van der Waals surface area contributed by atoms with Gasteiger partial charge in [0.05, 0.1) is 5.69 Å². The zero-order valence-corrected chi connectivity index (χ0v) is 13.2. The van der Waals surface area contributed by atoms with Gasteiger partial charge < -0.3 is 10.2 Å². The molecule has 1 N–H and O–H groups in total. The Morgan fingerprint density at radius 2 is 2.06 bits per heavy atom. The van der Waals surface area contributed by atoms with Gasteiger partial charge in [-0.1, -0.05) is 20.3 Å². The maximum absolute atomic E-state index is 4.70. The van der Waals surface area contributed by atoms with E-state index >= 15 is 0 Å². The fraction of sp³-hybridized carbons (Fsp3) is 0.786. The molecule has 18 heavy (non-hydrogen) atoms. The van der Waals surface area contributed by atoms with Gasteiger partial charge in [0, 0.05) is 24.5 Å². The molecule has 1 aromatic heterocycles. The van der Waals surface area contributed by atoms with Gasteiger partial charge in [-0.25, -0.2) is 4.98 Å². The predicted molar refractivity (Wildman–Crippen MR) is 81.6 cm³/mol. The summed E-state index contributed by atoms with van der Waals surface area (Å²) >= 11 is 1.82. The van der Waals surface area contributed by atoms with Crippen molar-refractivity contribution in [1.29, 1.82) is 0 Å². The third kappa shape index (κ3) is 4.25. The first-order chi connectivity index (χ1) is 8.60. The second-order valence-electron chi connectivity index (χ2n) is 4.93. The van der Waals surface area contributed by atoms with E-state index in [4.69, 9.17) is 4.98 Å². The van der Waals surface area contributed by atoms with Crippen molar-refractivity contribution in [3.05, 3.63) is 10.6 Å². The van der Waals surface area contributed by atoms with Crippen LogP contribution in [-0.2, 0) is 6.54 Å². The predicted octanol–water partition coefficient (Wildman–Crippen LogP) is 3.58. The number of aromatic nitrogens is 1. The molecule has 0 radical (unpaired) electrons. The maximum Gasteiger partial charge on any atom is 0.185 e. The smallest absolute Gasteiger partial charge is 0.185 e. The van der Waals surface area contributed by atoms with Crippen molar-refractivity contribution in [1.82, 2.24) is 10.3 Å². The normalized spacial score (nSPS) is 12.7. The molecule has 104 valence electrons. The van der Waals surface area contributed by atoms with Crippen LogP contribution in [0.15, 0.2) is 0 Å². The summed E-state index contributed by atoms with van der Waals surface area (Å²) < 4.78 is 0. The largest absolute Gasteiger partial charge is 0.348 e. The maximum atomic E-state index is 4.70. The highest BCUT2D eigenvalue weighted by atomic mass is 32.1. The van der Waals surface area contributed by atoms with Crippen LogP contribution in [0.5, 0.6) is 0 Å². The van der Waals surface area contributed by atoms with E-state index in [0.29, 0.717) is 6.04 Å². The Kier molecular flexibility index (Phi) is 6.65. The zero-order chi connectivity index (χ0) is 13.5. The van der Waals surface area contributed by atoms with Crippen molar-refractivity contribution >= 4 is 16.5 Å². The Morgan fingerprint density at radius 1 is 1.33 bits per heavy atom. The molecule has 0 saturated heterocycles. The molecule has 3 nitrogen and oxygen atoms in total. The molecule has 1 aromatic rings. The SMILES string of the molecule is CCCNCc1sc(N(C)C(C)CCC)nc1C. The third-order valence-corrected chi connectivity index (χ3v) is 4.51. The monoisotopic (exact) mass is 269 g/mol. The van der Waals surface area contributed by atoms with Crippen molar-refractivity contribution < 1.29 is 0 Å². The summed E-state index contributed by atoms with van der Waals surface area (Å²) in [7, 11) is 2.15. The third-order valence-electron chi connectivity index (χ3n) is 3.26. The minimum absolute atomic E-state index is 0.567. The van der Waals surface area contributed by atoms with E-state index in [0.717, 1.165) is 18.2 Å². The van der Waals surface area contributed by atoms with E-state index in [-0.39, 0.29) is 0 Å². The highest BCUT2D eigenvalue weighted by Crippen LogP contribution is 2.27. The van der Waals surface area contributed by atoms with Gasteiger partial charge in [0.15, 0.2) is 5.13 Å². The molecule has 0 saturated carbocycles. The summed E-state index contributed by atoms with van der Waals surface area (Å²) in [5.74, 6) is 0. The van der Waals surface area contributed by atoms with Crippen LogP contribution in [0.25, 0.3) is 0 Å². The van der Waals surface area contributed by atoms with Gasteiger partial charge in [0.1, 0.15) is 0 Å². The Bertz CT molecular complexity index is 349. The fourth-order valence-corrected chi connectivity index (χ4v) is 3.00. The van der Waals surface area contributed by atoms with Gasteiger partial charge in [0.2, 0.25) is 0 Å². The minimum Gasteiger partial charge on any atom is -0.348 e. The van der Waals surface area contributed by atoms with Crippen molar-refractivity contribution in [2.75, 3.05) is 18.5 Å². The molecule has 0 aliphatic heterocycles. The van der Waals surface area contributed by atoms with Crippen LogP contribution < -0.4 is 10.2 Å². The second-order valence-corrected chi connectivity index (χ2v) is 5.99. The van der Waals surface area contributed by atoms with Gasteiger partial charge in [-0.3, -0.25) is 0 Å². The summed E-state index contributed by atoms with van der Waals surface area (Å²) in [6.45, 7) is 10.8. The lowest BCUT2D eigenvalue weighted by Gasteiger charge is -2.23. The van der Waals surface area contributed by atoms with Crippen LogP contribution in [0.1, 0.15) is 50.6 Å². The summed E-state index contributed by atoms with van der Waals surface area (Å²) in [6, 6.07) is 0.567. The highest BCUT2D eigenvalue weighted by Gasteiger charge is 2.15. The summed E-state index contributed by atoms with van der Waals surface area (Å²) in [5.41, 5.74) is 1.18. The molecular formula is C14H27N3S. The average molecular weight is 269 g/mol. The van der Waals surface area contributed by atoms with Gasteiger partial charge in [-0.05, 0) is 33.2 Å². The van der Waals surface area contributed by atoms with Crippen molar-refractivity contribution in [2.24, 2.45) is 0 Å². The van der Waals surface area contributed by atoms with Gasteiger partial charge in [0.25, 0.3) is 0 Å². The molecule has 1 unspecified atom stereocenters. The lowest BCUT2D eigenvalue weighted by molar-refractivity contribution is 0.615. The molecule has 4 heteroatoms. The molecule has 1 rings (SSSR count). The first kappa shape index (κ1) is 15.4. The van der Waals surface area contributed by atoms with Crippen molar-refractivity contribution in [3.8, 4) is 0 Å². The quantitative estimate of drug-likeness (QED) is 0.731. The standard InChI is InChI=1S/C14H27N3S/c1-6-8-11(3)17(5)14-16-12(4)13(18-14)10-15-9-7-2/h11,15H,6-10H2,1-5H3. The summed E-state index contributed by atoms with van der Waals surface area (Å²) in [6.07, 6.45) is 3.62. The van der Waals surface area contributed by atoms with Crippen LogP contribution in [0.4, 0.5) is 5.13 Å². The van der Waals surface area contributed by atoms with Gasteiger partial charge in [-0.2, -0.15) is 0 Å². The summed E-state index contributed by atoms with van der Waals surface area (Å²) in [4.78, 5) is 8.38. The Balaban J connectivity index is 2.64. The lowest BCUT2D eigenvalue weighted by atomic mass is 10.2. The molecule has 1 heterocycles. The van der Waals surface area contributed by atoms with Gasteiger partial charge in [-0.15, -0.1) is 11.3 Å². The molecule has 0 aliphatic rings. The minimum atomic E-state index is 0.567. The molecule has 0 amide bonds. The molecule has 0 aliphatic carbocycles. The fourth-order valence-electron chi connectivity index (χ4n) is 1.91. The van der Waals surface area contributed by atoms with Gasteiger partial charge >= 0.3 is 0 Å². The molecule has 1 atom stereocenters. The average Bonchev–Trinajstić information content (AvgIpc) is 2.71. The number of thiazole rings is 1. The Labute approximate surface area is 116 Å². The number of hydrogen-bond donors (Lipinski definition) is 1. The Hall–Kier alpha value is -0.610. The molecule has 0 spiro atoms. The van der Waals surface area contributed by atoms with Crippen LogP contribution in [0, 0.1) is 6.92 Å². The van der Waals surface area contributed by atoms with E-state index < -0.39 is 0 Å². The van der Waals surface area contributed by atoms with E-state index in [2.05, 4.69) is 45.0 Å². The van der Waals surface area contributed by atoms with E-state index in [9.17, 15) is 0 Å². The number of nitrogens with zero attached hydrogens (tertiary/aromatic N) is 2. The topological polar surface area (TPSA) is 28.2 Å². The van der Waals surface area contributed by atoms with Crippen LogP contribution >= 0.6 is 11.3 Å². The van der Waals surface area contributed by atoms with E-state index in [1.165, 1.54) is 29.8 Å². The number of rotatable bonds is 8. The molecular weight excluding hydrogens is 242 g/mol. The second kappa shape index (κ2) is 7.74. The molecule has 0 aromatic carbocycles. The number of hydrogen-bond acceptors (Lipinski definition) is 4. The summed E-state index contributed by atoms with van der Waals surface area (Å²) in [5, 5.41) is 4.61. The van der Waals surface area contributed by atoms with Crippen LogP contribution in [-0.4, -0.2) is 24.6 Å². The highest BCUT2D eigenvalue weighted by molar-refractivity contribution is 7.15. The first-order valence-corrected chi connectivity index (χ1v) is 7.81. The zero-order valence-electron chi connectivity index (χ0n) is 12.4. The number of anilines is 1. The van der Waals surface area contributed by atoms with E-state index in [1.54, 1.807) is 0 Å². The number of aryl methyl sites for hydroxylation is 1. The lowest BCUT2D eigenvalue weighted by Crippen LogP contribution is -2.28. The van der Waals surface area contributed by atoms with Crippen molar-refractivity contribution in [2.45, 2.75) is 59.5 Å². The van der Waals surface area contributed by atoms with Crippen LogP contribution in [0.2, 0.25) is 0 Å². The molecule has 0 bridgehead atoms. The van der Waals surface area contributed by atoms with E-state index in [1.807, 2.05) is 11.3 Å². The number of nitrogens with one attached hydrogen (secondary N) is 1. The molecule has 0 fully saturated rings.